The fourth-order valence-corrected chi connectivity index (χ4v) is 4.20. The molecule has 0 radical (unpaired) electrons. The normalized spacial score (nSPS) is 12.2. The summed E-state index contributed by atoms with van der Waals surface area (Å²) in [6.07, 6.45) is 0.165. The van der Waals surface area contributed by atoms with Crippen molar-refractivity contribution in [2.45, 2.75) is 12.0 Å². The summed E-state index contributed by atoms with van der Waals surface area (Å²) >= 11 is 0. The van der Waals surface area contributed by atoms with Crippen LogP contribution in [-0.4, -0.2) is 64.9 Å². The lowest BCUT2D eigenvalue weighted by Gasteiger charge is -2.21. The maximum Gasteiger partial charge on any atom is 0.229 e. The fourth-order valence-electron chi connectivity index (χ4n) is 3.63. The SMILES string of the molecule is COc1ccc(C(CNCC(O)COc2ccc(O)c(NS(C)(=O)=O)c2)c2ccc(OC)cc2)cc1. The Morgan fingerprint density at radius 2 is 1.36 bits per heavy atom. The molecule has 0 fully saturated rings. The highest BCUT2D eigenvalue weighted by molar-refractivity contribution is 7.92. The lowest BCUT2D eigenvalue weighted by molar-refractivity contribution is 0.106. The van der Waals surface area contributed by atoms with Crippen LogP contribution in [0.5, 0.6) is 23.0 Å². The molecule has 0 spiro atoms. The molecule has 3 aromatic rings. The van der Waals surface area contributed by atoms with E-state index in [1.54, 1.807) is 14.2 Å². The molecule has 10 heteroatoms. The van der Waals surface area contributed by atoms with Gasteiger partial charge in [0.05, 0.1) is 26.2 Å². The topological polar surface area (TPSA) is 126 Å². The van der Waals surface area contributed by atoms with Crippen molar-refractivity contribution in [2.24, 2.45) is 0 Å². The molecular formula is C26H32N2O7S. The molecule has 3 rings (SSSR count). The highest BCUT2D eigenvalue weighted by atomic mass is 32.2. The van der Waals surface area contributed by atoms with E-state index in [2.05, 4.69) is 10.0 Å². The first-order chi connectivity index (χ1) is 17.2. The first kappa shape index (κ1) is 27.1. The van der Waals surface area contributed by atoms with Crippen molar-refractivity contribution in [3.8, 4) is 23.0 Å². The molecule has 0 heterocycles. The lowest BCUT2D eigenvalue weighted by atomic mass is 9.91. The van der Waals surface area contributed by atoms with Gasteiger partial charge in [-0.25, -0.2) is 8.42 Å². The van der Waals surface area contributed by atoms with Crippen molar-refractivity contribution in [3.63, 3.8) is 0 Å². The van der Waals surface area contributed by atoms with Crippen LogP contribution in [0.25, 0.3) is 0 Å². The first-order valence-corrected chi connectivity index (χ1v) is 13.2. The van der Waals surface area contributed by atoms with E-state index in [9.17, 15) is 18.6 Å². The molecule has 9 nitrogen and oxygen atoms in total. The number of sulfonamides is 1. The zero-order chi connectivity index (χ0) is 26.1. The summed E-state index contributed by atoms with van der Waals surface area (Å²) in [6.45, 7) is 0.818. The number of hydrogen-bond donors (Lipinski definition) is 4. The smallest absolute Gasteiger partial charge is 0.229 e. The van der Waals surface area contributed by atoms with Gasteiger partial charge in [-0.15, -0.1) is 0 Å². The monoisotopic (exact) mass is 516 g/mol. The number of anilines is 1. The van der Waals surface area contributed by atoms with Gasteiger partial charge in [-0.2, -0.15) is 0 Å². The average molecular weight is 517 g/mol. The molecule has 0 amide bonds. The van der Waals surface area contributed by atoms with Crippen LogP contribution < -0.4 is 24.2 Å². The van der Waals surface area contributed by atoms with Gasteiger partial charge in [0.2, 0.25) is 10.0 Å². The van der Waals surface area contributed by atoms with Crippen molar-refractivity contribution in [2.75, 3.05) is 44.9 Å². The number of rotatable bonds is 13. The molecule has 1 unspecified atom stereocenters. The van der Waals surface area contributed by atoms with Crippen LogP contribution in [0.3, 0.4) is 0 Å². The van der Waals surface area contributed by atoms with Crippen LogP contribution >= 0.6 is 0 Å². The minimum Gasteiger partial charge on any atom is -0.506 e. The van der Waals surface area contributed by atoms with Crippen molar-refractivity contribution in [1.29, 1.82) is 0 Å². The van der Waals surface area contributed by atoms with Crippen LogP contribution in [0.4, 0.5) is 5.69 Å². The number of aliphatic hydroxyl groups is 1. The van der Waals surface area contributed by atoms with Gasteiger partial charge in [0.1, 0.15) is 35.7 Å². The molecule has 0 aliphatic heterocycles. The van der Waals surface area contributed by atoms with Crippen molar-refractivity contribution in [1.82, 2.24) is 5.32 Å². The van der Waals surface area contributed by atoms with Gasteiger partial charge >= 0.3 is 0 Å². The maximum absolute atomic E-state index is 11.4. The Morgan fingerprint density at radius 1 is 0.833 bits per heavy atom. The highest BCUT2D eigenvalue weighted by Gasteiger charge is 2.16. The Bertz CT molecular complexity index is 1170. The summed E-state index contributed by atoms with van der Waals surface area (Å²) in [5.74, 6) is 1.66. The van der Waals surface area contributed by atoms with E-state index in [1.807, 2.05) is 48.5 Å². The summed E-state index contributed by atoms with van der Waals surface area (Å²) in [6, 6.07) is 19.9. The minimum absolute atomic E-state index is 0.00411. The Hall–Kier alpha value is -3.47. The summed E-state index contributed by atoms with van der Waals surface area (Å²) in [4.78, 5) is 0. The third kappa shape index (κ3) is 8.04. The standard InChI is InChI=1S/C26H32N2O7S/c1-33-21-8-4-18(5-9-21)24(19-6-10-22(34-2)11-7-19)16-27-15-20(29)17-35-23-12-13-26(30)25(14-23)28-36(3,31)32/h4-14,20,24,27-30H,15-17H2,1-3H3. The molecule has 0 aromatic heterocycles. The number of aliphatic hydroxyl groups excluding tert-OH is 1. The van der Waals surface area contributed by atoms with Crippen LogP contribution in [0.2, 0.25) is 0 Å². The number of aromatic hydroxyl groups is 1. The van der Waals surface area contributed by atoms with E-state index in [1.165, 1.54) is 18.2 Å². The number of ether oxygens (including phenoxy) is 3. The maximum atomic E-state index is 11.4. The molecule has 0 aliphatic carbocycles. The zero-order valence-electron chi connectivity index (χ0n) is 20.5. The number of nitrogens with one attached hydrogen (secondary N) is 2. The molecule has 0 saturated heterocycles. The fraction of sp³-hybridized carbons (Fsp3) is 0.308. The van der Waals surface area contributed by atoms with Gasteiger partial charge < -0.3 is 29.7 Å². The van der Waals surface area contributed by atoms with E-state index in [0.29, 0.717) is 12.3 Å². The Morgan fingerprint density at radius 3 is 1.86 bits per heavy atom. The predicted octanol–water partition coefficient (Wildman–Crippen LogP) is 2.94. The Kier molecular flexibility index (Phi) is 9.40. The molecule has 194 valence electrons. The second-order valence-electron chi connectivity index (χ2n) is 8.28. The van der Waals surface area contributed by atoms with Crippen LogP contribution in [0.15, 0.2) is 66.7 Å². The quantitative estimate of drug-likeness (QED) is 0.256. The van der Waals surface area contributed by atoms with Gasteiger partial charge in [0, 0.05) is 25.1 Å². The average Bonchev–Trinajstić information content (AvgIpc) is 2.86. The number of phenols is 1. The van der Waals surface area contributed by atoms with E-state index in [4.69, 9.17) is 14.2 Å². The second-order valence-corrected chi connectivity index (χ2v) is 10.0. The second kappa shape index (κ2) is 12.5. The zero-order valence-corrected chi connectivity index (χ0v) is 21.3. The Labute approximate surface area is 211 Å². The van der Waals surface area contributed by atoms with E-state index < -0.39 is 16.1 Å². The molecule has 0 saturated carbocycles. The molecule has 3 aromatic carbocycles. The molecule has 4 N–H and O–H groups in total. The molecule has 0 bridgehead atoms. The number of phenolic OH excluding ortho intramolecular Hbond substituents is 1. The highest BCUT2D eigenvalue weighted by Crippen LogP contribution is 2.29. The van der Waals surface area contributed by atoms with Gasteiger partial charge in [-0.3, -0.25) is 4.72 Å². The van der Waals surface area contributed by atoms with E-state index in [0.717, 1.165) is 28.9 Å². The molecule has 0 aliphatic rings. The van der Waals surface area contributed by atoms with Gasteiger partial charge in [-0.1, -0.05) is 24.3 Å². The number of benzene rings is 3. The Balaban J connectivity index is 1.60. The van der Waals surface area contributed by atoms with Gasteiger partial charge in [0.15, 0.2) is 0 Å². The van der Waals surface area contributed by atoms with Gasteiger partial charge in [-0.05, 0) is 47.5 Å². The summed E-state index contributed by atoms with van der Waals surface area (Å²) in [7, 11) is -0.306. The lowest BCUT2D eigenvalue weighted by Crippen LogP contribution is -2.34. The van der Waals surface area contributed by atoms with Crippen molar-refractivity contribution < 1.29 is 32.8 Å². The largest absolute Gasteiger partial charge is 0.506 e. The van der Waals surface area contributed by atoms with E-state index >= 15 is 0 Å². The first-order valence-electron chi connectivity index (χ1n) is 11.3. The minimum atomic E-state index is -3.56. The van der Waals surface area contributed by atoms with Crippen LogP contribution in [-0.2, 0) is 10.0 Å². The van der Waals surface area contributed by atoms with E-state index in [-0.39, 0.29) is 30.5 Å². The third-order valence-corrected chi connectivity index (χ3v) is 6.06. The van der Waals surface area contributed by atoms with Crippen molar-refractivity contribution >= 4 is 15.7 Å². The summed E-state index contributed by atoms with van der Waals surface area (Å²) < 4.78 is 41.3. The van der Waals surface area contributed by atoms with Crippen LogP contribution in [0.1, 0.15) is 17.0 Å². The predicted molar refractivity (Wildman–Crippen MR) is 139 cm³/mol. The molecular weight excluding hydrogens is 484 g/mol. The summed E-state index contributed by atoms with van der Waals surface area (Å²) in [5, 5.41) is 23.6. The third-order valence-electron chi connectivity index (χ3n) is 5.47. The number of methoxy groups -OCH3 is 2. The number of hydrogen-bond acceptors (Lipinski definition) is 8. The van der Waals surface area contributed by atoms with Crippen LogP contribution in [0, 0.1) is 0 Å². The molecule has 1 atom stereocenters. The van der Waals surface area contributed by atoms with Gasteiger partial charge in [0.25, 0.3) is 0 Å². The van der Waals surface area contributed by atoms with Crippen molar-refractivity contribution in [3.05, 3.63) is 77.9 Å². The summed E-state index contributed by atoms with van der Waals surface area (Å²) in [5.41, 5.74) is 2.19. The molecule has 36 heavy (non-hydrogen) atoms.